The van der Waals surface area contributed by atoms with Crippen molar-refractivity contribution in [2.45, 2.75) is 13.1 Å². The summed E-state index contributed by atoms with van der Waals surface area (Å²) in [7, 11) is 6.61. The molecule has 0 saturated carbocycles. The lowest BCUT2D eigenvalue weighted by molar-refractivity contribution is 0.311. The summed E-state index contributed by atoms with van der Waals surface area (Å²) in [4.78, 5) is 15.9. The second-order valence-electron chi connectivity index (χ2n) is 7.52. The molecular weight excluding hydrogens is 440 g/mol. The fourth-order valence-electron chi connectivity index (χ4n) is 3.67. The average Bonchev–Trinajstić information content (AvgIpc) is 3.51. The quantitative estimate of drug-likeness (QED) is 0.340. The van der Waals surface area contributed by atoms with E-state index in [-0.39, 0.29) is 6.61 Å². The van der Waals surface area contributed by atoms with E-state index in [1.807, 2.05) is 40.8 Å². The van der Waals surface area contributed by atoms with Crippen LogP contribution in [0.4, 0.5) is 11.8 Å². The molecule has 2 N–H and O–H groups in total. The molecular formula is C23H28N6O5. The van der Waals surface area contributed by atoms with E-state index in [2.05, 4.69) is 10.3 Å². The van der Waals surface area contributed by atoms with E-state index in [0.29, 0.717) is 59.8 Å². The first-order valence-corrected chi connectivity index (χ1v) is 10.7. The largest absolute Gasteiger partial charge is 0.493 e. The maximum atomic E-state index is 9.30. The monoisotopic (exact) mass is 468 g/mol. The number of furan rings is 1. The Morgan fingerprint density at radius 3 is 2.47 bits per heavy atom. The number of imidazole rings is 1. The third kappa shape index (κ3) is 4.69. The molecule has 0 saturated heterocycles. The summed E-state index contributed by atoms with van der Waals surface area (Å²) in [5, 5.41) is 12.4. The number of fused-ring (bicyclic) bond motifs is 1. The van der Waals surface area contributed by atoms with Crippen molar-refractivity contribution in [1.29, 1.82) is 0 Å². The number of hydrogen-bond acceptors (Lipinski definition) is 10. The summed E-state index contributed by atoms with van der Waals surface area (Å²) in [6.07, 6.45) is 3.32. The molecule has 180 valence electrons. The van der Waals surface area contributed by atoms with Crippen molar-refractivity contribution in [2.75, 3.05) is 44.7 Å². The Morgan fingerprint density at radius 2 is 1.85 bits per heavy atom. The number of ether oxygens (including phenoxy) is 3. The van der Waals surface area contributed by atoms with Crippen LogP contribution in [0.15, 0.2) is 41.3 Å². The van der Waals surface area contributed by atoms with Crippen molar-refractivity contribution < 1.29 is 23.7 Å². The van der Waals surface area contributed by atoms with Gasteiger partial charge in [0.05, 0.1) is 47.1 Å². The number of methoxy groups -OCH3 is 3. The molecule has 4 aromatic rings. The number of nitrogens with one attached hydrogen (secondary N) is 1. The lowest BCUT2D eigenvalue weighted by Crippen LogP contribution is -2.25. The van der Waals surface area contributed by atoms with Crippen LogP contribution in [0.25, 0.3) is 11.2 Å². The van der Waals surface area contributed by atoms with Gasteiger partial charge in [0.1, 0.15) is 5.76 Å². The van der Waals surface area contributed by atoms with Crippen LogP contribution in [-0.4, -0.2) is 59.1 Å². The van der Waals surface area contributed by atoms with Gasteiger partial charge in [-0.1, -0.05) is 0 Å². The molecule has 0 atom stereocenters. The molecule has 0 bridgehead atoms. The smallest absolute Gasteiger partial charge is 0.230 e. The minimum Gasteiger partial charge on any atom is -0.493 e. The standard InChI is InChI=1S/C23H28N6O5/c1-28-14-25-19-21(24-7-8-30)26-23(27-22(19)28)29(13-16-6-5-9-34-16)12-15-10-17(31-2)20(33-4)18(11-15)32-3/h5-6,9-11,14,30H,7-8,12-13H2,1-4H3,(H,24,26,27). The number of aliphatic hydroxyl groups excluding tert-OH is 1. The first-order chi connectivity index (χ1) is 16.6. The lowest BCUT2D eigenvalue weighted by atomic mass is 10.1. The van der Waals surface area contributed by atoms with E-state index in [9.17, 15) is 5.11 Å². The third-order valence-corrected chi connectivity index (χ3v) is 5.26. The van der Waals surface area contributed by atoms with Crippen molar-refractivity contribution in [3.63, 3.8) is 0 Å². The molecule has 0 amide bonds. The third-order valence-electron chi connectivity index (χ3n) is 5.26. The fourth-order valence-corrected chi connectivity index (χ4v) is 3.67. The SMILES string of the molecule is COc1cc(CN(Cc2ccco2)c2nc(NCCO)c3ncn(C)c3n2)cc(OC)c1OC. The minimum atomic E-state index is -0.0325. The van der Waals surface area contributed by atoms with E-state index >= 15 is 0 Å². The van der Waals surface area contributed by atoms with Crippen molar-refractivity contribution >= 4 is 22.9 Å². The number of benzene rings is 1. The van der Waals surface area contributed by atoms with Crippen molar-refractivity contribution in [3.05, 3.63) is 48.2 Å². The summed E-state index contributed by atoms with van der Waals surface area (Å²) in [5.41, 5.74) is 2.20. The van der Waals surface area contributed by atoms with Gasteiger partial charge in [-0.2, -0.15) is 9.97 Å². The van der Waals surface area contributed by atoms with Crippen LogP contribution in [0.5, 0.6) is 17.2 Å². The number of anilines is 2. The summed E-state index contributed by atoms with van der Waals surface area (Å²) in [5.74, 6) is 3.41. The van der Waals surface area contributed by atoms with Gasteiger partial charge in [-0.05, 0) is 29.8 Å². The molecule has 3 aromatic heterocycles. The summed E-state index contributed by atoms with van der Waals surface area (Å²) < 4.78 is 23.9. The Bertz CT molecular complexity index is 1220. The zero-order chi connectivity index (χ0) is 24.1. The molecule has 1 aromatic carbocycles. The molecule has 0 radical (unpaired) electrons. The minimum absolute atomic E-state index is 0.0325. The Morgan fingerprint density at radius 1 is 1.09 bits per heavy atom. The van der Waals surface area contributed by atoms with Crippen LogP contribution in [0.3, 0.4) is 0 Å². The van der Waals surface area contributed by atoms with Crippen LogP contribution in [-0.2, 0) is 20.1 Å². The van der Waals surface area contributed by atoms with Crippen molar-refractivity contribution in [1.82, 2.24) is 19.5 Å². The highest BCUT2D eigenvalue weighted by molar-refractivity contribution is 5.84. The molecule has 34 heavy (non-hydrogen) atoms. The molecule has 0 unspecified atom stereocenters. The van der Waals surface area contributed by atoms with Gasteiger partial charge in [-0.15, -0.1) is 0 Å². The predicted molar refractivity (Wildman–Crippen MR) is 127 cm³/mol. The zero-order valence-electron chi connectivity index (χ0n) is 19.6. The lowest BCUT2D eigenvalue weighted by Gasteiger charge is -2.23. The Kier molecular flexibility index (Phi) is 7.02. The first kappa shape index (κ1) is 23.2. The number of rotatable bonds is 11. The molecule has 0 spiro atoms. The molecule has 0 aliphatic heterocycles. The normalized spacial score (nSPS) is 11.0. The van der Waals surface area contributed by atoms with Crippen molar-refractivity contribution in [3.8, 4) is 17.2 Å². The van der Waals surface area contributed by atoms with Crippen LogP contribution >= 0.6 is 0 Å². The van der Waals surface area contributed by atoms with Gasteiger partial charge in [-0.25, -0.2) is 4.98 Å². The number of aliphatic hydroxyl groups is 1. The predicted octanol–water partition coefficient (Wildman–Crippen LogP) is 2.59. The first-order valence-electron chi connectivity index (χ1n) is 10.7. The maximum absolute atomic E-state index is 9.30. The summed E-state index contributed by atoms with van der Waals surface area (Å²) >= 11 is 0. The van der Waals surface area contributed by atoms with E-state index in [4.69, 9.17) is 28.6 Å². The van der Waals surface area contributed by atoms with E-state index in [1.54, 1.807) is 33.9 Å². The highest BCUT2D eigenvalue weighted by Gasteiger charge is 2.20. The van der Waals surface area contributed by atoms with Gasteiger partial charge in [-0.3, -0.25) is 0 Å². The Hall–Kier alpha value is -3.99. The molecule has 3 heterocycles. The van der Waals surface area contributed by atoms with Gasteiger partial charge in [0.15, 0.2) is 28.5 Å². The average molecular weight is 469 g/mol. The van der Waals surface area contributed by atoms with Gasteiger partial charge in [0.2, 0.25) is 11.7 Å². The van der Waals surface area contributed by atoms with Crippen LogP contribution in [0.1, 0.15) is 11.3 Å². The Balaban J connectivity index is 1.78. The molecule has 11 nitrogen and oxygen atoms in total. The topological polar surface area (TPSA) is 120 Å². The maximum Gasteiger partial charge on any atom is 0.230 e. The van der Waals surface area contributed by atoms with Gasteiger partial charge in [0, 0.05) is 20.1 Å². The van der Waals surface area contributed by atoms with E-state index in [1.165, 1.54) is 0 Å². The van der Waals surface area contributed by atoms with Crippen molar-refractivity contribution in [2.24, 2.45) is 7.05 Å². The van der Waals surface area contributed by atoms with Gasteiger partial charge in [0.25, 0.3) is 0 Å². The second kappa shape index (κ2) is 10.3. The van der Waals surface area contributed by atoms with Crippen LogP contribution in [0, 0.1) is 0 Å². The highest BCUT2D eigenvalue weighted by atomic mass is 16.5. The van der Waals surface area contributed by atoms with Crippen LogP contribution < -0.4 is 24.4 Å². The molecule has 11 heteroatoms. The summed E-state index contributed by atoms with van der Waals surface area (Å²) in [6, 6.07) is 7.52. The number of aromatic nitrogens is 4. The number of aryl methyl sites for hydroxylation is 1. The second-order valence-corrected chi connectivity index (χ2v) is 7.52. The van der Waals surface area contributed by atoms with E-state index < -0.39 is 0 Å². The number of hydrogen-bond donors (Lipinski definition) is 2. The zero-order valence-corrected chi connectivity index (χ0v) is 19.6. The fraction of sp³-hybridized carbons (Fsp3) is 0.348. The molecule has 0 aliphatic rings. The number of nitrogens with zero attached hydrogens (tertiary/aromatic N) is 5. The van der Waals surface area contributed by atoms with Crippen LogP contribution in [0.2, 0.25) is 0 Å². The van der Waals surface area contributed by atoms with Gasteiger partial charge < -0.3 is 38.5 Å². The molecule has 0 aliphatic carbocycles. The summed E-state index contributed by atoms with van der Waals surface area (Å²) in [6.45, 7) is 1.16. The molecule has 4 rings (SSSR count). The Labute approximate surface area is 196 Å². The van der Waals surface area contributed by atoms with Gasteiger partial charge >= 0.3 is 0 Å². The highest BCUT2D eigenvalue weighted by Crippen LogP contribution is 2.39. The van der Waals surface area contributed by atoms with E-state index in [0.717, 1.165) is 11.3 Å². The molecule has 0 fully saturated rings.